The lowest BCUT2D eigenvalue weighted by Crippen LogP contribution is -2.37. The Morgan fingerprint density at radius 1 is 1.12 bits per heavy atom. The van der Waals surface area contributed by atoms with Gasteiger partial charge in [0.05, 0.1) is 5.69 Å². The smallest absolute Gasteiger partial charge is 0.226 e. The molecule has 4 rings (SSSR count). The van der Waals surface area contributed by atoms with E-state index in [1.54, 1.807) is 0 Å². The summed E-state index contributed by atoms with van der Waals surface area (Å²) in [5.41, 5.74) is 2.13. The van der Waals surface area contributed by atoms with Crippen molar-refractivity contribution >= 4 is 10.8 Å². The van der Waals surface area contributed by atoms with Gasteiger partial charge in [-0.1, -0.05) is 36.8 Å². The van der Waals surface area contributed by atoms with E-state index in [0.29, 0.717) is 6.04 Å². The predicted octanol–water partition coefficient (Wildman–Crippen LogP) is 5.18. The number of benzene rings is 2. The number of rotatable bonds is 3. The van der Waals surface area contributed by atoms with Crippen LogP contribution in [0.2, 0.25) is 0 Å². The van der Waals surface area contributed by atoms with Crippen LogP contribution in [0, 0.1) is 6.92 Å². The molecule has 3 aromatic rings. The van der Waals surface area contributed by atoms with E-state index in [1.165, 1.54) is 36.6 Å². The van der Waals surface area contributed by atoms with Gasteiger partial charge in [0.1, 0.15) is 5.76 Å². The lowest BCUT2D eigenvalue weighted by atomic mass is 10.0. The van der Waals surface area contributed by atoms with E-state index in [2.05, 4.69) is 54.3 Å². The van der Waals surface area contributed by atoms with Gasteiger partial charge in [0.2, 0.25) is 5.89 Å². The molecule has 1 saturated heterocycles. The van der Waals surface area contributed by atoms with Crippen LogP contribution in [0.15, 0.2) is 46.9 Å². The first-order valence-corrected chi connectivity index (χ1v) is 8.90. The van der Waals surface area contributed by atoms with Crippen molar-refractivity contribution in [1.29, 1.82) is 0 Å². The van der Waals surface area contributed by atoms with Gasteiger partial charge >= 0.3 is 0 Å². The largest absolute Gasteiger partial charge is 0.441 e. The lowest BCUT2D eigenvalue weighted by Gasteiger charge is -2.32. The highest BCUT2D eigenvalue weighted by atomic mass is 16.4. The predicted molar refractivity (Wildman–Crippen MR) is 97.9 cm³/mol. The zero-order chi connectivity index (χ0) is 16.5. The van der Waals surface area contributed by atoms with E-state index in [-0.39, 0.29) is 0 Å². The standard InChI is InChI=1S/C21H24N2O/c1-15-7-5-6-12-23(15)14-20-16(2)24-21(22-20)19-11-10-17-8-3-4-9-18(17)13-19/h3-4,8-11,13,15H,5-7,12,14H2,1-2H3. The van der Waals surface area contributed by atoms with Crippen molar-refractivity contribution in [1.82, 2.24) is 9.88 Å². The highest BCUT2D eigenvalue weighted by Gasteiger charge is 2.21. The lowest BCUT2D eigenvalue weighted by molar-refractivity contribution is 0.150. The summed E-state index contributed by atoms with van der Waals surface area (Å²) < 4.78 is 5.99. The Morgan fingerprint density at radius 2 is 1.96 bits per heavy atom. The van der Waals surface area contributed by atoms with Gasteiger partial charge in [-0.25, -0.2) is 4.98 Å². The molecule has 1 atom stereocenters. The fourth-order valence-corrected chi connectivity index (χ4v) is 3.61. The molecule has 0 N–H and O–H groups in total. The molecular formula is C21H24N2O. The Balaban J connectivity index is 1.62. The first-order valence-electron chi connectivity index (χ1n) is 8.90. The van der Waals surface area contributed by atoms with Crippen LogP contribution < -0.4 is 0 Å². The van der Waals surface area contributed by atoms with E-state index in [4.69, 9.17) is 9.40 Å². The molecule has 1 aliphatic rings. The molecule has 0 spiro atoms. The zero-order valence-corrected chi connectivity index (χ0v) is 14.5. The summed E-state index contributed by atoms with van der Waals surface area (Å²) in [5.74, 6) is 1.67. The number of hydrogen-bond donors (Lipinski definition) is 0. The second-order valence-electron chi connectivity index (χ2n) is 6.90. The second-order valence-corrected chi connectivity index (χ2v) is 6.90. The summed E-state index contributed by atoms with van der Waals surface area (Å²) in [6.45, 7) is 6.41. The summed E-state index contributed by atoms with van der Waals surface area (Å²) in [5, 5.41) is 2.46. The molecule has 0 radical (unpaired) electrons. The van der Waals surface area contributed by atoms with Crippen molar-refractivity contribution in [3.8, 4) is 11.5 Å². The number of aromatic nitrogens is 1. The molecule has 0 aliphatic carbocycles. The van der Waals surface area contributed by atoms with Crippen molar-refractivity contribution in [3.05, 3.63) is 53.9 Å². The topological polar surface area (TPSA) is 29.3 Å². The van der Waals surface area contributed by atoms with Crippen LogP contribution in [-0.4, -0.2) is 22.5 Å². The maximum Gasteiger partial charge on any atom is 0.226 e. The first-order chi connectivity index (χ1) is 11.7. The Hall–Kier alpha value is -2.13. The maximum absolute atomic E-state index is 5.99. The molecule has 1 aromatic heterocycles. The van der Waals surface area contributed by atoms with E-state index in [9.17, 15) is 0 Å². The van der Waals surface area contributed by atoms with Gasteiger partial charge in [0, 0.05) is 18.2 Å². The van der Waals surface area contributed by atoms with Crippen LogP contribution in [0.4, 0.5) is 0 Å². The van der Waals surface area contributed by atoms with Gasteiger partial charge in [-0.3, -0.25) is 4.90 Å². The highest BCUT2D eigenvalue weighted by molar-refractivity contribution is 5.86. The van der Waals surface area contributed by atoms with Crippen LogP contribution in [-0.2, 0) is 6.54 Å². The van der Waals surface area contributed by atoms with Gasteiger partial charge in [-0.2, -0.15) is 0 Å². The van der Waals surface area contributed by atoms with Gasteiger partial charge < -0.3 is 4.42 Å². The quantitative estimate of drug-likeness (QED) is 0.666. The van der Waals surface area contributed by atoms with E-state index in [0.717, 1.165) is 29.5 Å². The van der Waals surface area contributed by atoms with Gasteiger partial charge in [-0.05, 0) is 56.1 Å². The monoisotopic (exact) mass is 320 g/mol. The molecule has 1 unspecified atom stereocenters. The number of hydrogen-bond acceptors (Lipinski definition) is 3. The molecule has 2 heterocycles. The Bertz CT molecular complexity index is 852. The van der Waals surface area contributed by atoms with E-state index in [1.807, 2.05) is 6.92 Å². The zero-order valence-electron chi connectivity index (χ0n) is 14.5. The Labute approximate surface area is 143 Å². The minimum Gasteiger partial charge on any atom is -0.441 e. The average Bonchev–Trinajstić information content (AvgIpc) is 2.97. The minimum absolute atomic E-state index is 0.638. The number of nitrogens with zero attached hydrogens (tertiary/aromatic N) is 2. The van der Waals surface area contributed by atoms with Crippen molar-refractivity contribution in [2.75, 3.05) is 6.54 Å². The van der Waals surface area contributed by atoms with Crippen molar-refractivity contribution < 1.29 is 4.42 Å². The van der Waals surface area contributed by atoms with Gasteiger partial charge in [-0.15, -0.1) is 0 Å². The molecule has 3 heteroatoms. The minimum atomic E-state index is 0.638. The third kappa shape index (κ3) is 2.96. The van der Waals surface area contributed by atoms with Crippen molar-refractivity contribution in [2.24, 2.45) is 0 Å². The summed E-state index contributed by atoms with van der Waals surface area (Å²) in [4.78, 5) is 7.33. The molecular weight excluding hydrogens is 296 g/mol. The molecule has 0 bridgehead atoms. The molecule has 3 nitrogen and oxygen atoms in total. The third-order valence-electron chi connectivity index (χ3n) is 5.18. The normalized spacial score (nSPS) is 19.0. The van der Waals surface area contributed by atoms with E-state index >= 15 is 0 Å². The summed E-state index contributed by atoms with van der Waals surface area (Å²) in [6, 6.07) is 15.4. The summed E-state index contributed by atoms with van der Waals surface area (Å²) >= 11 is 0. The first kappa shape index (κ1) is 15.4. The Morgan fingerprint density at radius 3 is 2.79 bits per heavy atom. The molecule has 124 valence electrons. The van der Waals surface area contributed by atoms with Crippen LogP contribution in [0.3, 0.4) is 0 Å². The maximum atomic E-state index is 5.99. The molecule has 1 fully saturated rings. The average molecular weight is 320 g/mol. The summed E-state index contributed by atoms with van der Waals surface area (Å²) in [6.07, 6.45) is 3.92. The van der Waals surface area contributed by atoms with E-state index < -0.39 is 0 Å². The number of aryl methyl sites for hydroxylation is 1. The van der Waals surface area contributed by atoms with Crippen LogP contribution in [0.25, 0.3) is 22.2 Å². The Kier molecular flexibility index (Phi) is 4.11. The number of piperidine rings is 1. The van der Waals surface area contributed by atoms with Crippen LogP contribution in [0.1, 0.15) is 37.6 Å². The second kappa shape index (κ2) is 6.40. The molecule has 1 aliphatic heterocycles. The van der Waals surface area contributed by atoms with Crippen LogP contribution >= 0.6 is 0 Å². The number of likely N-dealkylation sites (tertiary alicyclic amines) is 1. The molecule has 0 saturated carbocycles. The number of oxazole rings is 1. The fourth-order valence-electron chi connectivity index (χ4n) is 3.61. The fraction of sp³-hybridized carbons (Fsp3) is 0.381. The highest BCUT2D eigenvalue weighted by Crippen LogP contribution is 2.27. The van der Waals surface area contributed by atoms with Gasteiger partial charge in [0.25, 0.3) is 0 Å². The SMILES string of the molecule is Cc1oc(-c2ccc3ccccc3c2)nc1CN1CCCCC1C. The molecule has 24 heavy (non-hydrogen) atoms. The van der Waals surface area contributed by atoms with Crippen molar-refractivity contribution in [3.63, 3.8) is 0 Å². The molecule has 2 aromatic carbocycles. The van der Waals surface area contributed by atoms with Gasteiger partial charge in [0.15, 0.2) is 0 Å². The molecule has 0 amide bonds. The third-order valence-corrected chi connectivity index (χ3v) is 5.18. The summed E-state index contributed by atoms with van der Waals surface area (Å²) in [7, 11) is 0. The van der Waals surface area contributed by atoms with Crippen LogP contribution in [0.5, 0.6) is 0 Å². The van der Waals surface area contributed by atoms with Crippen molar-refractivity contribution in [2.45, 2.75) is 45.7 Å². The number of fused-ring (bicyclic) bond motifs is 1.